The second-order valence-electron chi connectivity index (χ2n) is 3.94. The molecule has 0 aromatic carbocycles. The number of carbonyl (C=O) groups is 2. The Morgan fingerprint density at radius 1 is 1.65 bits per heavy atom. The predicted octanol–water partition coefficient (Wildman–Crippen LogP) is -0.0601. The Morgan fingerprint density at radius 3 is 2.94 bits per heavy atom. The van der Waals surface area contributed by atoms with Gasteiger partial charge in [0.2, 0.25) is 6.23 Å². The van der Waals surface area contributed by atoms with E-state index in [2.05, 4.69) is 10.5 Å². The number of likely N-dealkylation sites (N-methyl/N-ethyl adjacent to an activating group) is 1. The minimum Gasteiger partial charge on any atom is -0.439 e. The molecule has 0 aliphatic carbocycles. The number of nitrogens with zero attached hydrogens (tertiary/aromatic N) is 3. The largest absolute Gasteiger partial charge is 0.439 e. The van der Waals surface area contributed by atoms with Gasteiger partial charge in [0.15, 0.2) is 0 Å². The van der Waals surface area contributed by atoms with Gasteiger partial charge in [-0.2, -0.15) is 5.10 Å². The molecule has 7 nitrogen and oxygen atoms in total. The Hall–Kier alpha value is -1.79. The summed E-state index contributed by atoms with van der Waals surface area (Å²) in [7, 11) is 0. The fraction of sp³-hybridized carbons (Fsp3) is 0.700. The average Bonchev–Trinajstić information content (AvgIpc) is 2.85. The number of ether oxygens (including phenoxy) is 1. The summed E-state index contributed by atoms with van der Waals surface area (Å²) in [5, 5.41) is 4.05. The van der Waals surface area contributed by atoms with Crippen molar-refractivity contribution in [2.45, 2.75) is 26.5 Å². The van der Waals surface area contributed by atoms with Crippen molar-refractivity contribution in [1.29, 1.82) is 0 Å². The predicted molar refractivity (Wildman–Crippen MR) is 60.1 cm³/mol. The van der Waals surface area contributed by atoms with Crippen molar-refractivity contribution in [3.63, 3.8) is 0 Å². The number of amides is 2. The number of nitrogens with one attached hydrogen (secondary N) is 1. The molecular weight excluding hydrogens is 224 g/mol. The van der Waals surface area contributed by atoms with Crippen molar-refractivity contribution < 1.29 is 14.3 Å². The Balaban J connectivity index is 2.17. The third kappa shape index (κ3) is 2.17. The molecule has 1 N–H and O–H groups in total. The maximum atomic E-state index is 12.1. The summed E-state index contributed by atoms with van der Waals surface area (Å²) in [6, 6.07) is -0.152. The summed E-state index contributed by atoms with van der Waals surface area (Å²) in [5.41, 5.74) is 2.81. The number of hydrogen-bond donors (Lipinski definition) is 1. The van der Waals surface area contributed by atoms with Crippen LogP contribution in [0.3, 0.4) is 0 Å². The van der Waals surface area contributed by atoms with Gasteiger partial charge in [-0.25, -0.2) is 9.69 Å². The van der Waals surface area contributed by atoms with E-state index in [1.54, 1.807) is 4.90 Å². The first-order valence-electron chi connectivity index (χ1n) is 5.68. The van der Waals surface area contributed by atoms with Crippen LogP contribution in [0.25, 0.3) is 0 Å². The highest BCUT2D eigenvalue weighted by molar-refractivity contribution is 5.99. The van der Waals surface area contributed by atoms with E-state index in [0.29, 0.717) is 31.9 Å². The van der Waals surface area contributed by atoms with E-state index in [0.717, 1.165) is 0 Å². The van der Waals surface area contributed by atoms with Crippen LogP contribution in [0.5, 0.6) is 0 Å². The van der Waals surface area contributed by atoms with Gasteiger partial charge in [0.05, 0.1) is 6.54 Å². The molecule has 1 unspecified atom stereocenters. The van der Waals surface area contributed by atoms with Crippen LogP contribution in [0.4, 0.5) is 4.79 Å². The Bertz CT molecular complexity index is 369. The van der Waals surface area contributed by atoms with Crippen LogP contribution in [0.2, 0.25) is 0 Å². The minimum atomic E-state index is -0.557. The zero-order valence-electron chi connectivity index (χ0n) is 9.97. The molecule has 1 fully saturated rings. The molecule has 0 spiro atoms. The molecule has 2 amide bonds. The number of esters is 1. The second-order valence-corrected chi connectivity index (χ2v) is 3.94. The highest BCUT2D eigenvalue weighted by Gasteiger charge is 2.41. The van der Waals surface area contributed by atoms with E-state index in [-0.39, 0.29) is 6.03 Å². The molecule has 2 aliphatic heterocycles. The highest BCUT2D eigenvalue weighted by atomic mass is 16.6. The third-order valence-electron chi connectivity index (χ3n) is 2.77. The van der Waals surface area contributed by atoms with Crippen molar-refractivity contribution in [1.82, 2.24) is 15.2 Å². The monoisotopic (exact) mass is 240 g/mol. The van der Waals surface area contributed by atoms with E-state index in [4.69, 9.17) is 4.74 Å². The number of hydrazone groups is 1. The average molecular weight is 240 g/mol. The van der Waals surface area contributed by atoms with Gasteiger partial charge in [-0.15, -0.1) is 0 Å². The van der Waals surface area contributed by atoms with Crippen LogP contribution in [-0.2, 0) is 9.53 Å². The van der Waals surface area contributed by atoms with Gasteiger partial charge >= 0.3 is 12.0 Å². The first-order valence-corrected chi connectivity index (χ1v) is 5.68. The second kappa shape index (κ2) is 4.60. The minimum absolute atomic E-state index is 0.152. The van der Waals surface area contributed by atoms with Crippen LogP contribution in [0.15, 0.2) is 5.10 Å². The van der Waals surface area contributed by atoms with E-state index >= 15 is 0 Å². The molecule has 1 atom stereocenters. The van der Waals surface area contributed by atoms with Crippen molar-refractivity contribution in [2.24, 2.45) is 5.10 Å². The number of urea groups is 1. The molecule has 17 heavy (non-hydrogen) atoms. The van der Waals surface area contributed by atoms with Gasteiger partial charge in [-0.1, -0.05) is 0 Å². The van der Waals surface area contributed by atoms with Crippen LogP contribution in [0, 0.1) is 0 Å². The first kappa shape index (κ1) is 11.7. The molecule has 2 heterocycles. The van der Waals surface area contributed by atoms with Crippen LogP contribution in [0.1, 0.15) is 20.3 Å². The van der Waals surface area contributed by atoms with E-state index in [1.807, 2.05) is 6.92 Å². The zero-order valence-corrected chi connectivity index (χ0v) is 9.97. The normalized spacial score (nSPS) is 23.8. The number of hydrogen-bond acceptors (Lipinski definition) is 5. The molecule has 94 valence electrons. The lowest BCUT2D eigenvalue weighted by molar-refractivity contribution is -0.149. The number of carbonyl (C=O) groups excluding carboxylic acids is 2. The molecule has 2 aliphatic rings. The molecule has 7 heteroatoms. The van der Waals surface area contributed by atoms with Crippen molar-refractivity contribution in [3.8, 4) is 0 Å². The number of rotatable bonds is 2. The lowest BCUT2D eigenvalue weighted by Gasteiger charge is -2.21. The molecule has 0 aromatic heterocycles. The Morgan fingerprint density at radius 2 is 2.41 bits per heavy atom. The van der Waals surface area contributed by atoms with Crippen LogP contribution >= 0.6 is 0 Å². The van der Waals surface area contributed by atoms with Crippen LogP contribution < -0.4 is 5.43 Å². The summed E-state index contributed by atoms with van der Waals surface area (Å²) < 4.78 is 5.15. The summed E-state index contributed by atoms with van der Waals surface area (Å²) in [5.74, 6) is 0.245. The SMILES string of the molecule is CCN1CC(OC(C)=O)N(C2=NNCC2)C1=O. The lowest BCUT2D eigenvalue weighted by Crippen LogP contribution is -2.41. The summed E-state index contributed by atoms with van der Waals surface area (Å²) in [6.45, 7) is 4.92. The van der Waals surface area contributed by atoms with Gasteiger partial charge in [0.1, 0.15) is 5.84 Å². The molecule has 0 radical (unpaired) electrons. The van der Waals surface area contributed by atoms with Crippen molar-refractivity contribution in [3.05, 3.63) is 0 Å². The molecule has 2 rings (SSSR count). The number of amidine groups is 1. The topological polar surface area (TPSA) is 74.2 Å². The van der Waals surface area contributed by atoms with Crippen molar-refractivity contribution >= 4 is 17.8 Å². The van der Waals surface area contributed by atoms with E-state index in [9.17, 15) is 9.59 Å². The van der Waals surface area contributed by atoms with Gasteiger partial charge in [0.25, 0.3) is 0 Å². The van der Waals surface area contributed by atoms with Crippen LogP contribution in [-0.4, -0.2) is 53.5 Å². The quantitative estimate of drug-likeness (QED) is 0.686. The molecule has 0 aromatic rings. The molecule has 1 saturated heterocycles. The Labute approximate surface area is 99.4 Å². The molecule has 0 saturated carbocycles. The summed E-state index contributed by atoms with van der Waals surface area (Å²) >= 11 is 0. The van der Waals surface area contributed by atoms with E-state index in [1.165, 1.54) is 11.8 Å². The smallest absolute Gasteiger partial charge is 0.328 e. The van der Waals surface area contributed by atoms with Gasteiger partial charge < -0.3 is 15.1 Å². The highest BCUT2D eigenvalue weighted by Crippen LogP contribution is 2.19. The van der Waals surface area contributed by atoms with Crippen molar-refractivity contribution in [2.75, 3.05) is 19.6 Å². The Kier molecular flexibility index (Phi) is 3.16. The summed E-state index contributed by atoms with van der Waals surface area (Å²) in [6.07, 6.45) is 0.111. The lowest BCUT2D eigenvalue weighted by atomic mass is 10.3. The fourth-order valence-corrected chi connectivity index (χ4v) is 1.99. The fourth-order valence-electron chi connectivity index (χ4n) is 1.99. The standard InChI is InChI=1S/C10H16N4O3/c1-3-13-6-9(17-7(2)15)14(10(13)16)8-4-5-11-12-8/h9,11H,3-6H2,1-2H3. The molecular formula is C10H16N4O3. The first-order chi connectivity index (χ1) is 8.13. The van der Waals surface area contributed by atoms with Gasteiger partial charge in [-0.3, -0.25) is 4.79 Å². The maximum Gasteiger partial charge on any atom is 0.328 e. The summed E-state index contributed by atoms with van der Waals surface area (Å²) in [4.78, 5) is 26.2. The van der Waals surface area contributed by atoms with Gasteiger partial charge in [-0.05, 0) is 6.92 Å². The zero-order chi connectivity index (χ0) is 12.4. The molecule has 0 bridgehead atoms. The third-order valence-corrected chi connectivity index (χ3v) is 2.77. The van der Waals surface area contributed by atoms with E-state index < -0.39 is 12.2 Å². The maximum absolute atomic E-state index is 12.1. The van der Waals surface area contributed by atoms with Gasteiger partial charge in [0, 0.05) is 26.4 Å².